The first kappa shape index (κ1) is 18.5. The first-order chi connectivity index (χ1) is 13.6. The maximum absolute atomic E-state index is 13.9. The monoisotopic (exact) mass is 382 g/mol. The van der Waals surface area contributed by atoms with Gasteiger partial charge >= 0.3 is 0 Å². The summed E-state index contributed by atoms with van der Waals surface area (Å²) in [6.45, 7) is 0.686. The van der Waals surface area contributed by atoms with Gasteiger partial charge in [-0.15, -0.1) is 0 Å². The predicted molar refractivity (Wildman–Crippen MR) is 105 cm³/mol. The second-order valence-electron chi connectivity index (χ2n) is 7.37. The molecular weight excluding hydrogens is 359 g/mol. The lowest BCUT2D eigenvalue weighted by Crippen LogP contribution is -2.33. The third-order valence-corrected chi connectivity index (χ3v) is 5.62. The average molecular weight is 382 g/mol. The van der Waals surface area contributed by atoms with Crippen molar-refractivity contribution in [2.75, 3.05) is 23.9 Å². The van der Waals surface area contributed by atoms with Gasteiger partial charge in [-0.05, 0) is 55.2 Å². The SMILES string of the molecule is COc1ccc(C(=O)Nc2ccc3c(c2)N(C(=O)C2CCCC2)CC3)cc1F. The quantitative estimate of drug-likeness (QED) is 0.864. The zero-order valence-corrected chi connectivity index (χ0v) is 15.8. The van der Waals surface area contributed by atoms with Crippen LogP contribution in [0.3, 0.4) is 0 Å². The Balaban J connectivity index is 1.52. The molecule has 2 aromatic rings. The number of hydrogen-bond acceptors (Lipinski definition) is 3. The van der Waals surface area contributed by atoms with Crippen LogP contribution in [0.2, 0.25) is 0 Å². The minimum Gasteiger partial charge on any atom is -0.494 e. The number of hydrogen-bond donors (Lipinski definition) is 1. The van der Waals surface area contributed by atoms with Crippen LogP contribution < -0.4 is 15.0 Å². The first-order valence-corrected chi connectivity index (χ1v) is 9.66. The van der Waals surface area contributed by atoms with Gasteiger partial charge in [0.05, 0.1) is 7.11 Å². The Morgan fingerprint density at radius 3 is 2.64 bits per heavy atom. The van der Waals surface area contributed by atoms with E-state index < -0.39 is 11.7 Å². The van der Waals surface area contributed by atoms with E-state index in [0.29, 0.717) is 12.2 Å². The Kier molecular flexibility index (Phi) is 5.03. The third kappa shape index (κ3) is 3.46. The summed E-state index contributed by atoms with van der Waals surface area (Å²) >= 11 is 0. The second-order valence-corrected chi connectivity index (χ2v) is 7.37. The molecule has 1 fully saturated rings. The largest absolute Gasteiger partial charge is 0.494 e. The number of rotatable bonds is 4. The fraction of sp³-hybridized carbons (Fsp3) is 0.364. The number of nitrogens with zero attached hydrogens (tertiary/aromatic N) is 1. The fourth-order valence-corrected chi connectivity index (χ4v) is 4.09. The van der Waals surface area contributed by atoms with Gasteiger partial charge in [0.1, 0.15) is 0 Å². The van der Waals surface area contributed by atoms with Gasteiger partial charge in [0, 0.05) is 29.4 Å². The molecule has 2 aliphatic rings. The molecule has 28 heavy (non-hydrogen) atoms. The Labute approximate surface area is 163 Å². The molecule has 0 radical (unpaired) electrons. The molecule has 1 heterocycles. The molecule has 6 heteroatoms. The van der Waals surface area contributed by atoms with Crippen LogP contribution in [0.25, 0.3) is 0 Å². The van der Waals surface area contributed by atoms with Crippen molar-refractivity contribution in [3.8, 4) is 5.75 Å². The molecule has 0 spiro atoms. The molecule has 1 aliphatic heterocycles. The zero-order valence-electron chi connectivity index (χ0n) is 15.8. The number of anilines is 2. The summed E-state index contributed by atoms with van der Waals surface area (Å²) in [5, 5.41) is 2.80. The Morgan fingerprint density at radius 2 is 1.93 bits per heavy atom. The molecule has 0 unspecified atom stereocenters. The van der Waals surface area contributed by atoms with Gasteiger partial charge in [-0.1, -0.05) is 18.9 Å². The van der Waals surface area contributed by atoms with E-state index in [1.165, 1.54) is 19.2 Å². The molecule has 0 aromatic heterocycles. The van der Waals surface area contributed by atoms with Crippen LogP contribution in [0.5, 0.6) is 5.75 Å². The van der Waals surface area contributed by atoms with Crippen LogP contribution in [-0.4, -0.2) is 25.5 Å². The van der Waals surface area contributed by atoms with E-state index >= 15 is 0 Å². The Hall–Kier alpha value is -2.89. The predicted octanol–water partition coefficient (Wildman–Crippen LogP) is 4.17. The van der Waals surface area contributed by atoms with E-state index in [2.05, 4.69) is 5.32 Å². The molecular formula is C22H23FN2O3. The van der Waals surface area contributed by atoms with Gasteiger partial charge in [0.15, 0.2) is 11.6 Å². The van der Waals surface area contributed by atoms with E-state index in [1.807, 2.05) is 23.1 Å². The Bertz CT molecular complexity index is 922. The summed E-state index contributed by atoms with van der Waals surface area (Å²) in [5.74, 6) is -0.593. The lowest BCUT2D eigenvalue weighted by atomic mass is 10.1. The number of carbonyl (C=O) groups is 2. The number of carbonyl (C=O) groups excluding carboxylic acids is 2. The summed E-state index contributed by atoms with van der Waals surface area (Å²) in [7, 11) is 1.38. The van der Waals surface area contributed by atoms with Crippen LogP contribution in [0.4, 0.5) is 15.8 Å². The summed E-state index contributed by atoms with van der Waals surface area (Å²) in [5.41, 5.74) is 2.78. The first-order valence-electron chi connectivity index (χ1n) is 9.66. The topological polar surface area (TPSA) is 58.6 Å². The number of fused-ring (bicyclic) bond motifs is 1. The zero-order chi connectivity index (χ0) is 19.7. The van der Waals surface area contributed by atoms with Crippen molar-refractivity contribution in [3.63, 3.8) is 0 Å². The molecule has 0 saturated heterocycles. The van der Waals surface area contributed by atoms with Crippen molar-refractivity contribution >= 4 is 23.2 Å². The van der Waals surface area contributed by atoms with Crippen molar-refractivity contribution in [1.29, 1.82) is 0 Å². The Morgan fingerprint density at radius 1 is 1.14 bits per heavy atom. The number of ether oxygens (including phenoxy) is 1. The van der Waals surface area contributed by atoms with Crippen LogP contribution >= 0.6 is 0 Å². The van der Waals surface area contributed by atoms with Gasteiger partial charge in [0.25, 0.3) is 5.91 Å². The summed E-state index contributed by atoms with van der Waals surface area (Å²) in [6.07, 6.45) is 4.98. The molecule has 1 saturated carbocycles. The van der Waals surface area contributed by atoms with Crippen molar-refractivity contribution in [3.05, 3.63) is 53.3 Å². The van der Waals surface area contributed by atoms with E-state index in [1.54, 1.807) is 0 Å². The highest BCUT2D eigenvalue weighted by atomic mass is 19.1. The standard InChI is InChI=1S/C22H23FN2O3/c1-28-20-9-7-16(12-18(20)23)21(26)24-17-8-6-14-10-11-25(19(14)13-17)22(27)15-4-2-3-5-15/h6-9,12-13,15H,2-5,10-11H2,1H3,(H,24,26). The van der Waals surface area contributed by atoms with Gasteiger partial charge in [0.2, 0.25) is 5.91 Å². The van der Waals surface area contributed by atoms with Crippen LogP contribution in [-0.2, 0) is 11.2 Å². The van der Waals surface area contributed by atoms with Crippen molar-refractivity contribution in [2.45, 2.75) is 32.1 Å². The average Bonchev–Trinajstić information content (AvgIpc) is 3.37. The summed E-state index contributed by atoms with van der Waals surface area (Å²) in [4.78, 5) is 27.2. The van der Waals surface area contributed by atoms with Crippen molar-refractivity contribution in [2.24, 2.45) is 5.92 Å². The lowest BCUT2D eigenvalue weighted by Gasteiger charge is -2.21. The van der Waals surface area contributed by atoms with Crippen LogP contribution in [0, 0.1) is 11.7 Å². The molecule has 2 amide bonds. The maximum atomic E-state index is 13.9. The van der Waals surface area contributed by atoms with E-state index in [4.69, 9.17) is 4.74 Å². The molecule has 1 aliphatic carbocycles. The van der Waals surface area contributed by atoms with Gasteiger partial charge in [-0.3, -0.25) is 9.59 Å². The smallest absolute Gasteiger partial charge is 0.255 e. The van der Waals surface area contributed by atoms with Gasteiger partial charge < -0.3 is 15.0 Å². The van der Waals surface area contributed by atoms with E-state index in [9.17, 15) is 14.0 Å². The number of halogens is 1. The van der Waals surface area contributed by atoms with Gasteiger partial charge in [-0.25, -0.2) is 4.39 Å². The molecule has 5 nitrogen and oxygen atoms in total. The summed E-state index contributed by atoms with van der Waals surface area (Å²) in [6, 6.07) is 9.70. The molecule has 146 valence electrons. The minimum atomic E-state index is -0.586. The highest BCUT2D eigenvalue weighted by Crippen LogP contribution is 2.35. The second kappa shape index (κ2) is 7.62. The molecule has 0 bridgehead atoms. The highest BCUT2D eigenvalue weighted by molar-refractivity contribution is 6.05. The van der Waals surface area contributed by atoms with Crippen LogP contribution in [0.15, 0.2) is 36.4 Å². The van der Waals surface area contributed by atoms with Gasteiger partial charge in [-0.2, -0.15) is 0 Å². The van der Waals surface area contributed by atoms with Crippen molar-refractivity contribution in [1.82, 2.24) is 0 Å². The molecule has 1 N–H and O–H groups in total. The van der Waals surface area contributed by atoms with Crippen LogP contribution in [0.1, 0.15) is 41.6 Å². The molecule has 0 atom stereocenters. The van der Waals surface area contributed by atoms with E-state index in [-0.39, 0.29) is 23.1 Å². The number of nitrogens with one attached hydrogen (secondary N) is 1. The summed E-state index contributed by atoms with van der Waals surface area (Å²) < 4.78 is 18.7. The van der Waals surface area contributed by atoms with Crippen molar-refractivity contribution < 1.29 is 18.7 Å². The minimum absolute atomic E-state index is 0.0927. The highest BCUT2D eigenvalue weighted by Gasteiger charge is 2.32. The number of amides is 2. The number of benzene rings is 2. The lowest BCUT2D eigenvalue weighted by molar-refractivity contribution is -0.122. The maximum Gasteiger partial charge on any atom is 0.255 e. The molecule has 2 aromatic carbocycles. The third-order valence-electron chi connectivity index (χ3n) is 5.62. The normalized spacial score (nSPS) is 16.1. The molecule has 4 rings (SSSR count). The fourth-order valence-electron chi connectivity index (χ4n) is 4.09. The van der Waals surface area contributed by atoms with E-state index in [0.717, 1.165) is 49.4 Å². The number of methoxy groups -OCH3 is 1.